The SMILES string of the molecule is CCCCCCC(S)(C(N)=O)C(S)C(N)=O. The van der Waals surface area contributed by atoms with Crippen LogP contribution in [-0.2, 0) is 9.59 Å². The van der Waals surface area contributed by atoms with Crippen molar-refractivity contribution < 1.29 is 9.59 Å². The van der Waals surface area contributed by atoms with Crippen LogP contribution in [0.3, 0.4) is 0 Å². The van der Waals surface area contributed by atoms with Gasteiger partial charge in [0, 0.05) is 0 Å². The highest BCUT2D eigenvalue weighted by atomic mass is 32.1. The fraction of sp³-hybridized carbons (Fsp3) is 0.800. The Bertz CT molecular complexity index is 261. The maximum absolute atomic E-state index is 11.3. The van der Waals surface area contributed by atoms with E-state index >= 15 is 0 Å². The molecule has 0 aliphatic carbocycles. The van der Waals surface area contributed by atoms with Crippen LogP contribution >= 0.6 is 25.3 Å². The Morgan fingerprint density at radius 2 is 1.81 bits per heavy atom. The third-order valence-electron chi connectivity index (χ3n) is 2.56. The maximum Gasteiger partial charge on any atom is 0.235 e. The molecule has 0 aromatic carbocycles. The van der Waals surface area contributed by atoms with Crippen molar-refractivity contribution in [3.8, 4) is 0 Å². The summed E-state index contributed by atoms with van der Waals surface area (Å²) in [5, 5.41) is -0.949. The number of thiol groups is 2. The van der Waals surface area contributed by atoms with Gasteiger partial charge >= 0.3 is 0 Å². The molecule has 94 valence electrons. The van der Waals surface area contributed by atoms with E-state index in [-0.39, 0.29) is 0 Å². The second kappa shape index (κ2) is 7.06. The molecule has 2 amide bonds. The number of primary amides is 2. The highest BCUT2D eigenvalue weighted by Gasteiger charge is 2.41. The summed E-state index contributed by atoms with van der Waals surface area (Å²) in [5.41, 5.74) is 10.4. The summed E-state index contributed by atoms with van der Waals surface area (Å²) in [6.45, 7) is 2.09. The summed E-state index contributed by atoms with van der Waals surface area (Å²) in [4.78, 5) is 22.3. The number of carbonyl (C=O) groups excluding carboxylic acids is 2. The van der Waals surface area contributed by atoms with Gasteiger partial charge in [-0.15, -0.1) is 0 Å². The number of hydrogen-bond acceptors (Lipinski definition) is 4. The molecule has 0 radical (unpaired) electrons. The van der Waals surface area contributed by atoms with Gasteiger partial charge in [0.2, 0.25) is 11.8 Å². The van der Waals surface area contributed by atoms with Gasteiger partial charge in [-0.1, -0.05) is 32.6 Å². The molecule has 0 heterocycles. The van der Waals surface area contributed by atoms with Crippen molar-refractivity contribution in [2.75, 3.05) is 0 Å². The molecule has 0 spiro atoms. The highest BCUT2D eigenvalue weighted by Crippen LogP contribution is 2.30. The first kappa shape index (κ1) is 15.6. The topological polar surface area (TPSA) is 86.2 Å². The van der Waals surface area contributed by atoms with Crippen LogP contribution in [0.5, 0.6) is 0 Å². The Balaban J connectivity index is 4.46. The Morgan fingerprint density at radius 1 is 1.25 bits per heavy atom. The lowest BCUT2D eigenvalue weighted by molar-refractivity contribution is -0.125. The molecule has 0 aliphatic heterocycles. The number of amides is 2. The third-order valence-corrected chi connectivity index (χ3v) is 4.16. The zero-order valence-electron chi connectivity index (χ0n) is 9.48. The normalized spacial score (nSPS) is 16.4. The van der Waals surface area contributed by atoms with Gasteiger partial charge in [-0.05, 0) is 6.42 Å². The maximum atomic E-state index is 11.3. The van der Waals surface area contributed by atoms with Crippen LogP contribution in [0.25, 0.3) is 0 Å². The monoisotopic (exact) mass is 264 g/mol. The minimum atomic E-state index is -1.25. The zero-order valence-corrected chi connectivity index (χ0v) is 11.3. The van der Waals surface area contributed by atoms with Crippen LogP contribution in [0.1, 0.15) is 39.0 Å². The molecule has 16 heavy (non-hydrogen) atoms. The average Bonchev–Trinajstić information content (AvgIpc) is 2.22. The molecule has 0 fully saturated rings. The first-order valence-corrected chi connectivity index (χ1v) is 6.32. The summed E-state index contributed by atoms with van der Waals surface area (Å²) in [6, 6.07) is 0. The van der Waals surface area contributed by atoms with Crippen molar-refractivity contribution in [2.24, 2.45) is 11.5 Å². The smallest absolute Gasteiger partial charge is 0.235 e. The van der Waals surface area contributed by atoms with Gasteiger partial charge in [0.05, 0.1) is 0 Å². The van der Waals surface area contributed by atoms with E-state index in [0.717, 1.165) is 25.7 Å². The molecular formula is C10H20N2O2S2. The van der Waals surface area contributed by atoms with Gasteiger partial charge in [0.25, 0.3) is 0 Å². The number of hydrogen-bond donors (Lipinski definition) is 4. The molecule has 0 aliphatic rings. The zero-order chi connectivity index (χ0) is 12.8. The number of carbonyl (C=O) groups is 2. The predicted molar refractivity (Wildman–Crippen MR) is 71.6 cm³/mol. The molecule has 4 N–H and O–H groups in total. The van der Waals surface area contributed by atoms with Crippen molar-refractivity contribution in [3.63, 3.8) is 0 Å². The van der Waals surface area contributed by atoms with Crippen molar-refractivity contribution >= 4 is 37.1 Å². The molecule has 0 bridgehead atoms. The van der Waals surface area contributed by atoms with Gasteiger partial charge in [-0.25, -0.2) is 0 Å². The van der Waals surface area contributed by atoms with Crippen molar-refractivity contribution in [2.45, 2.75) is 49.0 Å². The van der Waals surface area contributed by atoms with Crippen LogP contribution in [0.4, 0.5) is 0 Å². The van der Waals surface area contributed by atoms with Gasteiger partial charge in [-0.2, -0.15) is 25.3 Å². The van der Waals surface area contributed by atoms with E-state index in [0.29, 0.717) is 6.42 Å². The summed E-state index contributed by atoms with van der Waals surface area (Å²) in [6.07, 6.45) is 4.35. The first-order chi connectivity index (χ1) is 7.36. The second-order valence-electron chi connectivity index (χ2n) is 3.90. The molecule has 2 atom stereocenters. The fourth-order valence-electron chi connectivity index (χ4n) is 1.45. The van der Waals surface area contributed by atoms with E-state index in [1.54, 1.807) is 0 Å². The molecule has 4 nitrogen and oxygen atoms in total. The molecular weight excluding hydrogens is 244 g/mol. The second-order valence-corrected chi connectivity index (χ2v) is 5.22. The fourth-order valence-corrected chi connectivity index (χ4v) is 1.99. The lowest BCUT2D eigenvalue weighted by Crippen LogP contribution is -2.51. The van der Waals surface area contributed by atoms with E-state index < -0.39 is 21.8 Å². The van der Waals surface area contributed by atoms with E-state index in [9.17, 15) is 9.59 Å². The van der Waals surface area contributed by atoms with Gasteiger partial charge in [-0.3, -0.25) is 9.59 Å². The number of nitrogens with two attached hydrogens (primary N) is 2. The van der Waals surface area contributed by atoms with Crippen LogP contribution in [0.15, 0.2) is 0 Å². The number of rotatable bonds is 8. The van der Waals surface area contributed by atoms with Crippen molar-refractivity contribution in [1.29, 1.82) is 0 Å². The minimum absolute atomic E-state index is 0.419. The average molecular weight is 264 g/mol. The van der Waals surface area contributed by atoms with Gasteiger partial charge in [0.15, 0.2) is 0 Å². The molecule has 0 rings (SSSR count). The van der Waals surface area contributed by atoms with Crippen molar-refractivity contribution in [3.05, 3.63) is 0 Å². The summed E-state index contributed by atoms with van der Waals surface area (Å²) in [7, 11) is 0. The first-order valence-electron chi connectivity index (χ1n) is 5.36. The standard InChI is InChI=1S/C10H20N2O2S2/c1-2-3-4-5-6-10(16,9(12)14)7(15)8(11)13/h7,15-16H,2-6H2,1H3,(H2,11,13)(H2,12,14). The Hall–Kier alpha value is -0.360. The largest absolute Gasteiger partial charge is 0.369 e. The third kappa shape index (κ3) is 4.25. The number of unbranched alkanes of at least 4 members (excludes halogenated alkanes) is 3. The van der Waals surface area contributed by atoms with Crippen LogP contribution in [0.2, 0.25) is 0 Å². The van der Waals surface area contributed by atoms with Gasteiger partial charge < -0.3 is 11.5 Å². The van der Waals surface area contributed by atoms with E-state index in [1.165, 1.54) is 0 Å². The van der Waals surface area contributed by atoms with E-state index in [4.69, 9.17) is 11.5 Å². The molecule has 0 aromatic rings. The molecule has 0 saturated carbocycles. The molecule has 0 aromatic heterocycles. The Morgan fingerprint density at radius 3 is 2.19 bits per heavy atom. The lowest BCUT2D eigenvalue weighted by atomic mass is 9.94. The van der Waals surface area contributed by atoms with Crippen LogP contribution in [-0.4, -0.2) is 21.8 Å². The van der Waals surface area contributed by atoms with Crippen LogP contribution in [0, 0.1) is 0 Å². The highest BCUT2D eigenvalue weighted by molar-refractivity contribution is 7.87. The molecule has 2 unspecified atom stereocenters. The van der Waals surface area contributed by atoms with Gasteiger partial charge in [0.1, 0.15) is 10.00 Å². The minimum Gasteiger partial charge on any atom is -0.369 e. The van der Waals surface area contributed by atoms with Crippen LogP contribution < -0.4 is 11.5 Å². The summed E-state index contributed by atoms with van der Waals surface area (Å²) < 4.78 is -1.25. The Labute approximate surface area is 107 Å². The molecule has 6 heteroatoms. The summed E-state index contributed by atoms with van der Waals surface area (Å²) >= 11 is 8.22. The van der Waals surface area contributed by atoms with E-state index in [1.807, 2.05) is 0 Å². The van der Waals surface area contributed by atoms with E-state index in [2.05, 4.69) is 32.2 Å². The quantitative estimate of drug-likeness (QED) is 0.388. The summed E-state index contributed by atoms with van der Waals surface area (Å²) in [5.74, 6) is -1.32. The Kier molecular flexibility index (Phi) is 6.90. The predicted octanol–water partition coefficient (Wildman–Crippen LogP) is 0.894. The van der Waals surface area contributed by atoms with Crippen molar-refractivity contribution in [1.82, 2.24) is 0 Å². The lowest BCUT2D eigenvalue weighted by Gasteiger charge is -2.28. The molecule has 0 saturated heterocycles.